The lowest BCUT2D eigenvalue weighted by molar-refractivity contribution is -0.148. The van der Waals surface area contributed by atoms with Gasteiger partial charge in [-0.05, 0) is 58.9 Å². The Kier molecular flexibility index (Phi) is 8.22. The van der Waals surface area contributed by atoms with E-state index in [1.54, 1.807) is 14.2 Å². The van der Waals surface area contributed by atoms with Gasteiger partial charge in [0.05, 0.1) is 19.3 Å². The number of carbonyl (C=O) groups excluding carboxylic acids is 1. The Labute approximate surface area is 128 Å². The van der Waals surface area contributed by atoms with E-state index < -0.39 is 5.54 Å². The highest BCUT2D eigenvalue weighted by Crippen LogP contribution is 2.23. The van der Waals surface area contributed by atoms with Gasteiger partial charge >= 0.3 is 5.97 Å². The van der Waals surface area contributed by atoms with Crippen molar-refractivity contribution in [3.8, 4) is 0 Å². The third-order valence-corrected chi connectivity index (χ3v) is 4.52. The van der Waals surface area contributed by atoms with Crippen LogP contribution in [0.3, 0.4) is 0 Å². The van der Waals surface area contributed by atoms with E-state index in [1.165, 1.54) is 13.5 Å². The van der Waals surface area contributed by atoms with Crippen LogP contribution in [0.4, 0.5) is 0 Å². The van der Waals surface area contributed by atoms with E-state index in [1.807, 2.05) is 6.92 Å². The first kappa shape index (κ1) is 18.4. The Hall–Kier alpha value is -0.650. The summed E-state index contributed by atoms with van der Waals surface area (Å²) in [6, 6.07) is 0. The van der Waals surface area contributed by atoms with Crippen molar-refractivity contribution in [3.63, 3.8) is 0 Å². The number of rotatable bonds is 9. The Bertz CT molecular complexity index is 311. The molecule has 1 fully saturated rings. The van der Waals surface area contributed by atoms with Crippen molar-refractivity contribution in [2.45, 2.75) is 69.6 Å². The SMILES string of the molecule is CNC(C)(CCCCOC1CCCC(OC)C1)C(=O)OC. The number of ether oxygens (including phenoxy) is 3. The molecule has 0 aromatic carbocycles. The fraction of sp³-hybridized carbons (Fsp3) is 0.938. The first-order valence-corrected chi connectivity index (χ1v) is 7.97. The summed E-state index contributed by atoms with van der Waals surface area (Å²) in [5, 5.41) is 3.05. The smallest absolute Gasteiger partial charge is 0.325 e. The van der Waals surface area contributed by atoms with E-state index in [9.17, 15) is 4.79 Å². The number of hydrogen-bond donors (Lipinski definition) is 1. The second-order valence-corrected chi connectivity index (χ2v) is 6.05. The van der Waals surface area contributed by atoms with Gasteiger partial charge in [0, 0.05) is 13.7 Å². The molecule has 0 spiro atoms. The van der Waals surface area contributed by atoms with Crippen molar-refractivity contribution < 1.29 is 19.0 Å². The first-order valence-electron chi connectivity index (χ1n) is 7.97. The Morgan fingerprint density at radius 2 is 1.95 bits per heavy atom. The molecule has 3 unspecified atom stereocenters. The number of hydrogen-bond acceptors (Lipinski definition) is 5. The standard InChI is InChI=1S/C16H31NO4/c1-16(17-2,15(18)20-4)10-5-6-11-21-14-9-7-8-13(12-14)19-3/h13-14,17H,5-12H2,1-4H3. The molecule has 0 bridgehead atoms. The molecule has 0 radical (unpaired) electrons. The molecule has 0 aliphatic heterocycles. The number of esters is 1. The van der Waals surface area contributed by atoms with E-state index in [-0.39, 0.29) is 5.97 Å². The Morgan fingerprint density at radius 1 is 1.24 bits per heavy atom. The van der Waals surface area contributed by atoms with Gasteiger partial charge in [0.25, 0.3) is 0 Å². The van der Waals surface area contributed by atoms with Crippen LogP contribution in [-0.4, -0.2) is 51.6 Å². The molecular weight excluding hydrogens is 270 g/mol. The maximum atomic E-state index is 11.7. The number of methoxy groups -OCH3 is 2. The lowest BCUT2D eigenvalue weighted by atomic mass is 9.94. The molecule has 0 aromatic rings. The summed E-state index contributed by atoms with van der Waals surface area (Å²) in [5.41, 5.74) is -0.596. The molecule has 1 aliphatic rings. The molecule has 0 aromatic heterocycles. The summed E-state index contributed by atoms with van der Waals surface area (Å²) in [7, 11) is 5.00. The third kappa shape index (κ3) is 5.93. The van der Waals surface area contributed by atoms with Gasteiger partial charge < -0.3 is 19.5 Å². The minimum atomic E-state index is -0.596. The molecule has 21 heavy (non-hydrogen) atoms. The van der Waals surface area contributed by atoms with Gasteiger partial charge in [0.2, 0.25) is 0 Å². The highest BCUT2D eigenvalue weighted by atomic mass is 16.5. The molecule has 5 heteroatoms. The molecule has 124 valence electrons. The predicted molar refractivity (Wildman–Crippen MR) is 82.3 cm³/mol. The second-order valence-electron chi connectivity index (χ2n) is 6.05. The maximum Gasteiger partial charge on any atom is 0.325 e. The average molecular weight is 301 g/mol. The first-order chi connectivity index (χ1) is 10.1. The molecular formula is C16H31NO4. The van der Waals surface area contributed by atoms with Gasteiger partial charge in [-0.15, -0.1) is 0 Å². The molecule has 1 saturated carbocycles. The van der Waals surface area contributed by atoms with Gasteiger partial charge in [-0.3, -0.25) is 4.79 Å². The Balaban J connectivity index is 2.17. The Morgan fingerprint density at radius 3 is 2.57 bits per heavy atom. The number of nitrogens with one attached hydrogen (secondary N) is 1. The van der Waals surface area contributed by atoms with Crippen LogP contribution in [0.2, 0.25) is 0 Å². The van der Waals surface area contributed by atoms with Crippen LogP contribution < -0.4 is 5.32 Å². The molecule has 1 rings (SSSR count). The molecule has 3 atom stereocenters. The molecule has 0 heterocycles. The van der Waals surface area contributed by atoms with Crippen molar-refractivity contribution in [1.82, 2.24) is 5.32 Å². The number of likely N-dealkylation sites (N-methyl/N-ethyl adjacent to an activating group) is 1. The average Bonchev–Trinajstić information content (AvgIpc) is 2.53. The van der Waals surface area contributed by atoms with E-state index in [0.717, 1.165) is 45.1 Å². The van der Waals surface area contributed by atoms with Crippen molar-refractivity contribution in [2.24, 2.45) is 0 Å². The van der Waals surface area contributed by atoms with E-state index in [2.05, 4.69) is 5.32 Å². The van der Waals surface area contributed by atoms with Crippen LogP contribution in [0.15, 0.2) is 0 Å². The largest absolute Gasteiger partial charge is 0.468 e. The van der Waals surface area contributed by atoms with Crippen molar-refractivity contribution in [3.05, 3.63) is 0 Å². The van der Waals surface area contributed by atoms with Gasteiger partial charge in [-0.1, -0.05) is 0 Å². The summed E-state index contributed by atoms with van der Waals surface area (Å²) in [6.45, 7) is 2.63. The minimum absolute atomic E-state index is 0.207. The van der Waals surface area contributed by atoms with Gasteiger partial charge in [0.1, 0.15) is 5.54 Å². The summed E-state index contributed by atoms with van der Waals surface area (Å²) in [4.78, 5) is 11.7. The third-order valence-electron chi connectivity index (χ3n) is 4.52. The highest BCUT2D eigenvalue weighted by molar-refractivity contribution is 5.80. The zero-order chi connectivity index (χ0) is 15.7. The van der Waals surface area contributed by atoms with Crippen LogP contribution in [0.1, 0.15) is 51.9 Å². The summed E-state index contributed by atoms with van der Waals surface area (Å²) >= 11 is 0. The van der Waals surface area contributed by atoms with E-state index in [4.69, 9.17) is 14.2 Å². The zero-order valence-corrected chi connectivity index (χ0v) is 13.9. The lowest BCUT2D eigenvalue weighted by Gasteiger charge is -2.28. The molecule has 1 aliphatic carbocycles. The second kappa shape index (κ2) is 9.38. The highest BCUT2D eigenvalue weighted by Gasteiger charge is 2.31. The van der Waals surface area contributed by atoms with Gasteiger partial charge in [-0.2, -0.15) is 0 Å². The lowest BCUT2D eigenvalue weighted by Crippen LogP contribution is -2.48. The van der Waals surface area contributed by atoms with Crippen molar-refractivity contribution >= 4 is 5.97 Å². The van der Waals surface area contributed by atoms with E-state index in [0.29, 0.717) is 12.2 Å². The fourth-order valence-corrected chi connectivity index (χ4v) is 2.85. The van der Waals surface area contributed by atoms with Gasteiger partial charge in [-0.25, -0.2) is 0 Å². The topological polar surface area (TPSA) is 56.8 Å². The summed E-state index contributed by atoms with van der Waals surface area (Å²) in [6.07, 6.45) is 7.82. The van der Waals surface area contributed by atoms with Crippen LogP contribution in [0.5, 0.6) is 0 Å². The number of unbranched alkanes of at least 4 members (excludes halogenated alkanes) is 1. The van der Waals surface area contributed by atoms with Crippen LogP contribution >= 0.6 is 0 Å². The predicted octanol–water partition coefficient (Wildman–Crippen LogP) is 2.28. The van der Waals surface area contributed by atoms with Crippen LogP contribution in [0, 0.1) is 0 Å². The molecule has 0 amide bonds. The maximum absolute atomic E-state index is 11.7. The van der Waals surface area contributed by atoms with E-state index >= 15 is 0 Å². The number of carbonyl (C=O) groups is 1. The van der Waals surface area contributed by atoms with Crippen molar-refractivity contribution in [1.29, 1.82) is 0 Å². The fourth-order valence-electron chi connectivity index (χ4n) is 2.85. The molecule has 0 saturated heterocycles. The van der Waals surface area contributed by atoms with Crippen LogP contribution in [-0.2, 0) is 19.0 Å². The zero-order valence-electron chi connectivity index (χ0n) is 13.9. The van der Waals surface area contributed by atoms with Crippen molar-refractivity contribution in [2.75, 3.05) is 27.9 Å². The summed E-state index contributed by atoms with van der Waals surface area (Å²) < 4.78 is 16.2. The normalized spacial score (nSPS) is 25.3. The van der Waals surface area contributed by atoms with Crippen LogP contribution in [0.25, 0.3) is 0 Å². The quantitative estimate of drug-likeness (QED) is 0.523. The monoisotopic (exact) mass is 301 g/mol. The minimum Gasteiger partial charge on any atom is -0.468 e. The molecule has 1 N–H and O–H groups in total. The summed E-state index contributed by atoms with van der Waals surface area (Å²) in [5.74, 6) is -0.207. The molecule has 5 nitrogen and oxygen atoms in total. The van der Waals surface area contributed by atoms with Gasteiger partial charge in [0.15, 0.2) is 0 Å².